The van der Waals surface area contributed by atoms with E-state index < -0.39 is 17.3 Å². The van der Waals surface area contributed by atoms with E-state index in [1.807, 2.05) is 60.6 Å². The molecule has 1 atom stereocenters. The molecular weight excluding hydrogens is 358 g/mol. The zero-order valence-electron chi connectivity index (χ0n) is 18.1. The third-order valence-electron chi connectivity index (χ3n) is 4.09. The molecule has 28 heavy (non-hydrogen) atoms. The number of ether oxygens (including phenoxy) is 2. The fourth-order valence-corrected chi connectivity index (χ4v) is 3.10. The highest BCUT2D eigenvalue weighted by molar-refractivity contribution is 5.83. The zero-order valence-corrected chi connectivity index (χ0v) is 18.1. The number of amides is 2. The van der Waals surface area contributed by atoms with Gasteiger partial charge in [-0.25, -0.2) is 14.6 Å². The number of hydrogen-bond donors (Lipinski definition) is 1. The second-order valence-electron chi connectivity index (χ2n) is 9.43. The molecule has 0 bridgehead atoms. The first-order chi connectivity index (χ1) is 12.8. The van der Waals surface area contributed by atoms with Crippen molar-refractivity contribution in [3.63, 3.8) is 0 Å². The lowest BCUT2D eigenvalue weighted by Crippen LogP contribution is -2.35. The fourth-order valence-electron chi connectivity index (χ4n) is 3.10. The van der Waals surface area contributed by atoms with Crippen LogP contribution in [-0.2, 0) is 15.9 Å². The summed E-state index contributed by atoms with van der Waals surface area (Å²) in [4.78, 5) is 30.5. The van der Waals surface area contributed by atoms with Gasteiger partial charge in [-0.15, -0.1) is 0 Å². The largest absolute Gasteiger partial charge is 0.444 e. The highest BCUT2D eigenvalue weighted by atomic mass is 16.6. The average Bonchev–Trinajstić information content (AvgIpc) is 2.91. The third kappa shape index (κ3) is 7.37. The molecule has 2 heterocycles. The molecule has 0 spiro atoms. The lowest BCUT2D eigenvalue weighted by atomic mass is 10.0. The summed E-state index contributed by atoms with van der Waals surface area (Å²) in [5.74, 6) is 0.794. The van der Waals surface area contributed by atoms with Crippen molar-refractivity contribution in [2.75, 3.05) is 18.4 Å². The first-order valence-corrected chi connectivity index (χ1v) is 9.76. The number of carbonyl (C=O) groups is 2. The zero-order chi connectivity index (χ0) is 21.1. The minimum atomic E-state index is -0.564. The monoisotopic (exact) mass is 391 g/mol. The maximum Gasteiger partial charge on any atom is 0.413 e. The first-order valence-electron chi connectivity index (χ1n) is 9.76. The molecule has 0 radical (unpaired) electrons. The van der Waals surface area contributed by atoms with Gasteiger partial charge in [-0.2, -0.15) is 0 Å². The van der Waals surface area contributed by atoms with E-state index in [0.29, 0.717) is 24.8 Å². The topological polar surface area (TPSA) is 80.8 Å². The van der Waals surface area contributed by atoms with Crippen LogP contribution in [0.1, 0.15) is 59.2 Å². The van der Waals surface area contributed by atoms with Crippen LogP contribution in [0.3, 0.4) is 0 Å². The Morgan fingerprint density at radius 2 is 1.79 bits per heavy atom. The molecule has 1 aromatic heterocycles. The van der Waals surface area contributed by atoms with Gasteiger partial charge in [0.2, 0.25) is 0 Å². The molecule has 1 N–H and O–H groups in total. The number of likely N-dealkylation sites (tertiary alicyclic amines) is 1. The van der Waals surface area contributed by atoms with Crippen molar-refractivity contribution < 1.29 is 19.1 Å². The van der Waals surface area contributed by atoms with E-state index in [1.54, 1.807) is 4.90 Å². The van der Waals surface area contributed by atoms with E-state index >= 15 is 0 Å². The minimum Gasteiger partial charge on any atom is -0.444 e. The Bertz CT molecular complexity index is 719. The predicted octanol–water partition coefficient (Wildman–Crippen LogP) is 4.54. The Morgan fingerprint density at radius 3 is 2.39 bits per heavy atom. The molecular formula is C21H33N3O4. The number of nitrogens with one attached hydrogen (secondary N) is 1. The number of rotatable bonds is 3. The summed E-state index contributed by atoms with van der Waals surface area (Å²) in [6.07, 6.45) is 0.862. The van der Waals surface area contributed by atoms with Crippen molar-refractivity contribution in [2.24, 2.45) is 5.92 Å². The van der Waals surface area contributed by atoms with E-state index in [4.69, 9.17) is 9.47 Å². The van der Waals surface area contributed by atoms with Gasteiger partial charge in [-0.05, 0) is 84.9 Å². The highest BCUT2D eigenvalue weighted by Gasteiger charge is 2.30. The van der Waals surface area contributed by atoms with E-state index in [0.717, 1.165) is 24.1 Å². The van der Waals surface area contributed by atoms with Gasteiger partial charge in [0.25, 0.3) is 0 Å². The summed E-state index contributed by atoms with van der Waals surface area (Å²) in [6.45, 7) is 14.4. The van der Waals surface area contributed by atoms with Crippen LogP contribution in [-0.4, -0.2) is 46.4 Å². The minimum absolute atomic E-state index is 0.264. The van der Waals surface area contributed by atoms with Crippen LogP contribution in [0, 0.1) is 12.8 Å². The average molecular weight is 392 g/mol. The van der Waals surface area contributed by atoms with Crippen LogP contribution in [0.25, 0.3) is 0 Å². The maximum atomic E-state index is 12.2. The van der Waals surface area contributed by atoms with Gasteiger partial charge >= 0.3 is 12.2 Å². The number of nitrogens with zero attached hydrogens (tertiary/aromatic N) is 2. The van der Waals surface area contributed by atoms with Gasteiger partial charge in [0.15, 0.2) is 0 Å². The quantitative estimate of drug-likeness (QED) is 0.818. The summed E-state index contributed by atoms with van der Waals surface area (Å²) in [5, 5.41) is 2.70. The van der Waals surface area contributed by atoms with Crippen molar-refractivity contribution in [1.82, 2.24) is 9.88 Å². The summed E-state index contributed by atoms with van der Waals surface area (Å²) in [7, 11) is 0. The highest BCUT2D eigenvalue weighted by Crippen LogP contribution is 2.23. The number of aromatic nitrogens is 1. The third-order valence-corrected chi connectivity index (χ3v) is 4.09. The molecule has 2 amide bonds. The van der Waals surface area contributed by atoms with Crippen LogP contribution in [0.5, 0.6) is 0 Å². The van der Waals surface area contributed by atoms with E-state index in [1.165, 1.54) is 0 Å². The summed E-state index contributed by atoms with van der Waals surface area (Å²) < 4.78 is 10.7. The molecule has 1 fully saturated rings. The van der Waals surface area contributed by atoms with Gasteiger partial charge in [0, 0.05) is 18.8 Å². The van der Waals surface area contributed by atoms with Gasteiger partial charge < -0.3 is 14.4 Å². The molecule has 1 unspecified atom stereocenters. The Kier molecular flexibility index (Phi) is 6.57. The number of hydrogen-bond acceptors (Lipinski definition) is 5. The SMILES string of the molecule is Cc1cc(CC2CCN(C(=O)OC(C)(C)C)C2)nc(NC(=O)OC(C)(C)C)c1. The van der Waals surface area contributed by atoms with E-state index in [2.05, 4.69) is 10.3 Å². The van der Waals surface area contributed by atoms with Crippen LogP contribution in [0.4, 0.5) is 15.4 Å². The standard InChI is InChI=1S/C21H33N3O4/c1-14-10-16(22-17(11-14)23-18(25)27-20(2,3)4)12-15-8-9-24(13-15)19(26)28-21(5,6)7/h10-11,15H,8-9,12-13H2,1-7H3,(H,22,23,25). The van der Waals surface area contributed by atoms with Crippen molar-refractivity contribution in [3.8, 4) is 0 Å². The normalized spacial score (nSPS) is 17.4. The molecule has 7 nitrogen and oxygen atoms in total. The second kappa shape index (κ2) is 8.37. The van der Waals surface area contributed by atoms with Crippen molar-refractivity contribution in [2.45, 2.75) is 72.5 Å². The smallest absolute Gasteiger partial charge is 0.413 e. The van der Waals surface area contributed by atoms with Crippen molar-refractivity contribution >= 4 is 18.0 Å². The van der Waals surface area contributed by atoms with Gasteiger partial charge in [-0.1, -0.05) is 0 Å². The van der Waals surface area contributed by atoms with Crippen molar-refractivity contribution in [1.29, 1.82) is 0 Å². The van der Waals surface area contributed by atoms with Crippen molar-refractivity contribution in [3.05, 3.63) is 23.4 Å². The molecule has 1 aromatic rings. The predicted molar refractivity (Wildman–Crippen MR) is 108 cm³/mol. The fraction of sp³-hybridized carbons (Fsp3) is 0.667. The first kappa shape index (κ1) is 22.0. The maximum absolute atomic E-state index is 12.2. The Labute approximate surface area is 167 Å². The van der Waals surface area contributed by atoms with Gasteiger partial charge in [0.05, 0.1) is 0 Å². The van der Waals surface area contributed by atoms with Crippen LogP contribution in [0.2, 0.25) is 0 Å². The summed E-state index contributed by atoms with van der Waals surface area (Å²) in [5.41, 5.74) is 0.849. The Balaban J connectivity index is 1.97. The lowest BCUT2D eigenvalue weighted by molar-refractivity contribution is 0.0287. The summed E-state index contributed by atoms with van der Waals surface area (Å²) >= 11 is 0. The van der Waals surface area contributed by atoms with Gasteiger partial charge in [0.1, 0.15) is 17.0 Å². The molecule has 0 aromatic carbocycles. The van der Waals surface area contributed by atoms with Crippen LogP contribution >= 0.6 is 0 Å². The molecule has 0 aliphatic carbocycles. The molecule has 1 aliphatic heterocycles. The Morgan fingerprint density at radius 1 is 1.14 bits per heavy atom. The molecule has 0 saturated carbocycles. The van der Waals surface area contributed by atoms with Crippen LogP contribution in [0.15, 0.2) is 12.1 Å². The van der Waals surface area contributed by atoms with Gasteiger partial charge in [-0.3, -0.25) is 5.32 Å². The number of carbonyl (C=O) groups excluding carboxylic acids is 2. The lowest BCUT2D eigenvalue weighted by Gasteiger charge is -2.24. The van der Waals surface area contributed by atoms with Crippen LogP contribution < -0.4 is 5.32 Å². The molecule has 156 valence electrons. The number of anilines is 1. The Hall–Kier alpha value is -2.31. The molecule has 7 heteroatoms. The second-order valence-corrected chi connectivity index (χ2v) is 9.43. The number of pyridine rings is 1. The van der Waals surface area contributed by atoms with E-state index in [9.17, 15) is 9.59 Å². The number of aryl methyl sites for hydroxylation is 1. The van der Waals surface area contributed by atoms with E-state index in [-0.39, 0.29) is 6.09 Å². The summed E-state index contributed by atoms with van der Waals surface area (Å²) in [6, 6.07) is 3.82. The molecule has 1 aliphatic rings. The molecule has 1 saturated heterocycles. The molecule has 2 rings (SSSR count).